The molecule has 0 unspecified atom stereocenters. The molecule has 0 fully saturated rings. The molecule has 15 heteroatoms. The molecule has 39 heavy (non-hydrogen) atoms. The maximum absolute atomic E-state index is 13.3. The van der Waals surface area contributed by atoms with Crippen LogP contribution in [-0.2, 0) is 16.4 Å². The first kappa shape index (κ1) is 27.4. The quantitative estimate of drug-likeness (QED) is 0.295. The highest BCUT2D eigenvalue weighted by Gasteiger charge is 2.29. The topological polar surface area (TPSA) is 163 Å². The normalized spacial score (nSPS) is 12.0. The molecule has 4 rings (SSSR count). The van der Waals surface area contributed by atoms with Gasteiger partial charge in [-0.2, -0.15) is 0 Å². The molecule has 3 heterocycles. The van der Waals surface area contributed by atoms with Crippen LogP contribution in [0, 0.1) is 5.82 Å². The minimum absolute atomic E-state index is 0.0929. The lowest BCUT2D eigenvalue weighted by atomic mass is 10.2. The van der Waals surface area contributed by atoms with Crippen LogP contribution >= 0.6 is 0 Å². The number of nitrogens with zero attached hydrogens (tertiary/aromatic N) is 6. The molecule has 204 valence electrons. The molecule has 0 aliphatic rings. The lowest BCUT2D eigenvalue weighted by Gasteiger charge is -2.19. The van der Waals surface area contributed by atoms with Crippen LogP contribution in [0.5, 0.6) is 11.5 Å². The molecule has 0 aliphatic carbocycles. The average Bonchev–Trinajstić information content (AvgIpc) is 3.35. The summed E-state index contributed by atoms with van der Waals surface area (Å²) in [6, 6.07) is 9.74. The van der Waals surface area contributed by atoms with E-state index in [0.717, 1.165) is 12.4 Å². The highest BCUT2D eigenvalue weighted by atomic mass is 32.2. The van der Waals surface area contributed by atoms with E-state index in [1.54, 1.807) is 30.3 Å². The van der Waals surface area contributed by atoms with E-state index in [1.807, 2.05) is 0 Å². The van der Waals surface area contributed by atoms with Crippen molar-refractivity contribution < 1.29 is 27.1 Å². The van der Waals surface area contributed by atoms with Gasteiger partial charge in [-0.3, -0.25) is 14.1 Å². The van der Waals surface area contributed by atoms with Crippen molar-refractivity contribution in [3.63, 3.8) is 0 Å². The van der Waals surface area contributed by atoms with Gasteiger partial charge in [-0.25, -0.2) is 27.8 Å². The summed E-state index contributed by atoms with van der Waals surface area (Å²) in [7, 11) is 0.269. The monoisotopic (exact) mass is 556 g/mol. The van der Waals surface area contributed by atoms with Crippen LogP contribution in [0.4, 0.5) is 10.3 Å². The summed E-state index contributed by atoms with van der Waals surface area (Å²) in [5.41, 5.74) is 0.642. The summed E-state index contributed by atoms with van der Waals surface area (Å²) in [5.74, 6) is -0.332. The van der Waals surface area contributed by atoms with Crippen LogP contribution < -0.4 is 19.5 Å². The third-order valence-corrected chi connectivity index (χ3v) is 7.33. The Morgan fingerprint density at radius 1 is 1.05 bits per heavy atom. The number of pyridine rings is 1. The number of hydrogen-bond donors (Lipinski definition) is 2. The van der Waals surface area contributed by atoms with Gasteiger partial charge in [0.2, 0.25) is 16.0 Å². The number of ether oxygens (including phenoxy) is 2. The maximum atomic E-state index is 13.3. The molecule has 3 aromatic heterocycles. The third-order valence-electron chi connectivity index (χ3n) is 5.63. The van der Waals surface area contributed by atoms with Gasteiger partial charge >= 0.3 is 0 Å². The first-order valence-corrected chi connectivity index (χ1v) is 13.1. The summed E-state index contributed by atoms with van der Waals surface area (Å²) in [4.78, 5) is 24.3. The van der Waals surface area contributed by atoms with Crippen molar-refractivity contribution in [2.24, 2.45) is 0 Å². The highest BCUT2D eigenvalue weighted by Crippen LogP contribution is 2.37. The molecule has 1 amide bonds. The average molecular weight is 557 g/mol. The number of amides is 1. The number of hydrogen-bond acceptors (Lipinski definition) is 10. The van der Waals surface area contributed by atoms with Crippen molar-refractivity contribution in [3.05, 3.63) is 66.1 Å². The molecule has 0 saturated heterocycles. The first-order valence-electron chi connectivity index (χ1n) is 11.5. The Bertz CT molecular complexity index is 1570. The van der Waals surface area contributed by atoms with E-state index in [1.165, 1.54) is 38.8 Å². The number of halogens is 1. The largest absolute Gasteiger partial charge is 0.494 e. The molecule has 13 nitrogen and oxygen atoms in total. The zero-order valence-corrected chi connectivity index (χ0v) is 22.2. The predicted molar refractivity (Wildman–Crippen MR) is 139 cm³/mol. The zero-order chi connectivity index (χ0) is 28.2. The van der Waals surface area contributed by atoms with Gasteiger partial charge in [-0.05, 0) is 31.2 Å². The van der Waals surface area contributed by atoms with E-state index in [4.69, 9.17) is 9.47 Å². The summed E-state index contributed by atoms with van der Waals surface area (Å²) < 4.78 is 54.8. The Hall–Kier alpha value is -4.66. The van der Waals surface area contributed by atoms with Gasteiger partial charge in [-0.15, -0.1) is 10.2 Å². The first-order chi connectivity index (χ1) is 18.7. The summed E-state index contributed by atoms with van der Waals surface area (Å²) in [6.07, 6.45) is 1.84. The lowest BCUT2D eigenvalue weighted by molar-refractivity contribution is 0.0958. The van der Waals surface area contributed by atoms with E-state index >= 15 is 0 Å². The van der Waals surface area contributed by atoms with Crippen molar-refractivity contribution in [3.8, 4) is 28.7 Å². The summed E-state index contributed by atoms with van der Waals surface area (Å²) in [6.45, 7) is 1.45. The fourth-order valence-corrected chi connectivity index (χ4v) is 4.59. The zero-order valence-electron chi connectivity index (χ0n) is 21.4. The van der Waals surface area contributed by atoms with Crippen molar-refractivity contribution >= 4 is 21.9 Å². The molecular weight excluding hydrogens is 531 g/mol. The summed E-state index contributed by atoms with van der Waals surface area (Å²) in [5, 5.41) is 9.75. The second-order valence-corrected chi connectivity index (χ2v) is 10.3. The Kier molecular flexibility index (Phi) is 7.99. The Labute approximate surface area is 223 Å². The molecule has 0 bridgehead atoms. The number of anilines is 1. The number of nitrogens with one attached hydrogen (secondary N) is 2. The van der Waals surface area contributed by atoms with Gasteiger partial charge in [0.25, 0.3) is 5.91 Å². The number of para-hydroxylation sites is 1. The van der Waals surface area contributed by atoms with E-state index < -0.39 is 27.0 Å². The molecule has 2 N–H and O–H groups in total. The number of rotatable bonds is 10. The van der Waals surface area contributed by atoms with Crippen LogP contribution in [0.3, 0.4) is 0 Å². The fourth-order valence-electron chi connectivity index (χ4n) is 3.63. The number of methoxy groups -OCH3 is 2. The lowest BCUT2D eigenvalue weighted by Crippen LogP contribution is -2.29. The van der Waals surface area contributed by atoms with Crippen LogP contribution in [0.25, 0.3) is 17.2 Å². The third kappa shape index (κ3) is 5.77. The molecule has 0 saturated carbocycles. The number of carbonyl (C=O) groups excluding carboxylic acids is 1. The molecule has 0 spiro atoms. The summed E-state index contributed by atoms with van der Waals surface area (Å²) >= 11 is 0. The van der Waals surface area contributed by atoms with E-state index in [0.29, 0.717) is 17.2 Å². The van der Waals surface area contributed by atoms with Crippen LogP contribution in [0.1, 0.15) is 23.2 Å². The van der Waals surface area contributed by atoms with Gasteiger partial charge in [0.05, 0.1) is 31.9 Å². The number of carbonyl (C=O) groups is 1. The van der Waals surface area contributed by atoms with Gasteiger partial charge in [-0.1, -0.05) is 12.1 Å². The molecule has 0 aliphatic heterocycles. The minimum atomic E-state index is -4.10. The minimum Gasteiger partial charge on any atom is -0.494 e. The SMILES string of the molecule is CNC(=O)c1cccc(-c2nnc(NS(=O)(=O)[C@@H](C)Cc3ncc(F)cn3)n2-c2c(OC)cccc2OC)n1. The number of benzene rings is 1. The number of sulfonamides is 1. The Morgan fingerprint density at radius 2 is 1.69 bits per heavy atom. The van der Waals surface area contributed by atoms with Crippen molar-refractivity contribution in [2.75, 3.05) is 26.0 Å². The second-order valence-electron chi connectivity index (χ2n) is 8.16. The van der Waals surface area contributed by atoms with E-state index in [-0.39, 0.29) is 35.4 Å². The smallest absolute Gasteiger partial charge is 0.269 e. The Morgan fingerprint density at radius 3 is 2.31 bits per heavy atom. The van der Waals surface area contributed by atoms with Gasteiger partial charge in [0.15, 0.2) is 11.6 Å². The van der Waals surface area contributed by atoms with Crippen molar-refractivity contribution in [1.29, 1.82) is 0 Å². The van der Waals surface area contributed by atoms with Crippen LogP contribution in [0.2, 0.25) is 0 Å². The molecule has 4 aromatic rings. The van der Waals surface area contributed by atoms with Crippen molar-refractivity contribution in [2.45, 2.75) is 18.6 Å². The van der Waals surface area contributed by atoms with Crippen molar-refractivity contribution in [1.82, 2.24) is 35.0 Å². The molecule has 1 aromatic carbocycles. The maximum Gasteiger partial charge on any atom is 0.269 e. The van der Waals surface area contributed by atoms with Gasteiger partial charge < -0.3 is 14.8 Å². The Balaban J connectivity index is 1.83. The molecule has 1 atom stereocenters. The van der Waals surface area contributed by atoms with Crippen LogP contribution in [0.15, 0.2) is 48.8 Å². The standard InChI is InChI=1S/C24H25FN8O5S/c1-14(11-20-27-12-15(25)13-28-20)39(35,36)32-24-31-30-22(16-7-5-8-17(29-16)23(34)26-2)33(24)21-18(37-3)9-6-10-19(21)38-4/h5-10,12-14H,11H2,1-4H3,(H,26,34)(H,31,32)/t14-/m0/s1. The van der Waals surface area contributed by atoms with E-state index in [9.17, 15) is 17.6 Å². The second kappa shape index (κ2) is 11.4. The van der Waals surface area contributed by atoms with Gasteiger partial charge in [0, 0.05) is 13.5 Å². The van der Waals surface area contributed by atoms with Gasteiger partial charge in [0.1, 0.15) is 34.4 Å². The highest BCUT2D eigenvalue weighted by molar-refractivity contribution is 7.93. The molecule has 0 radical (unpaired) electrons. The predicted octanol–water partition coefficient (Wildman–Crippen LogP) is 2.01. The molecular formula is C24H25FN8O5S. The van der Waals surface area contributed by atoms with Crippen LogP contribution in [-0.4, -0.2) is 70.6 Å². The van der Waals surface area contributed by atoms with E-state index in [2.05, 4.69) is 35.2 Å². The fraction of sp³-hybridized carbons (Fsp3) is 0.250. The number of aromatic nitrogens is 6.